The van der Waals surface area contributed by atoms with Crippen molar-refractivity contribution in [1.29, 1.82) is 0 Å². The highest BCUT2D eigenvalue weighted by Crippen LogP contribution is 2.37. The van der Waals surface area contributed by atoms with Gasteiger partial charge in [0.15, 0.2) is 0 Å². The summed E-state index contributed by atoms with van der Waals surface area (Å²) < 4.78 is 22.6. The Balaban J connectivity index is 2.14. The van der Waals surface area contributed by atoms with Crippen molar-refractivity contribution in [2.45, 2.75) is 44.6 Å². The first-order valence-electron chi connectivity index (χ1n) is 7.69. The molecule has 128 valence electrons. The molecule has 0 aliphatic carbocycles. The van der Waals surface area contributed by atoms with E-state index in [2.05, 4.69) is 0 Å². The molecule has 5 heteroatoms. The Labute approximate surface area is 137 Å². The summed E-state index contributed by atoms with van der Waals surface area (Å²) >= 11 is 0. The summed E-state index contributed by atoms with van der Waals surface area (Å²) in [4.78, 5) is 0. The first-order chi connectivity index (χ1) is 10.8. The Morgan fingerprint density at radius 1 is 1.22 bits per heavy atom. The summed E-state index contributed by atoms with van der Waals surface area (Å²) in [5.74, 6) is -2.14. The van der Waals surface area contributed by atoms with Crippen LogP contribution in [0.5, 0.6) is 0 Å². The monoisotopic (exact) mass is 322 g/mol. The average Bonchev–Trinajstić information content (AvgIpc) is 2.58. The largest absolute Gasteiger partial charge is 0.386 e. The zero-order chi connectivity index (χ0) is 17.1. The van der Waals surface area contributed by atoms with E-state index in [0.29, 0.717) is 0 Å². The zero-order valence-corrected chi connectivity index (χ0v) is 14.4. The molecule has 0 radical (unpaired) electrons. The Hall–Kier alpha value is -1.24. The van der Waals surface area contributed by atoms with Crippen molar-refractivity contribution in [1.82, 2.24) is 0 Å². The van der Waals surface area contributed by atoms with E-state index in [4.69, 9.17) is 18.9 Å². The third-order valence-corrected chi connectivity index (χ3v) is 4.53. The standard InChI is InChI=1S/C18H26O5/c1-13(14-9-7-6-8-10-14)11-15(19)16-12-22-17(2,20-4)18(3,21-5)23-16/h6-11,15-16,19H,12H2,1-5H3/b13-11+/t15-,16?,17?,18?/m1/s1. The predicted molar refractivity (Wildman–Crippen MR) is 87.8 cm³/mol. The molecule has 1 fully saturated rings. The molecule has 1 aromatic carbocycles. The summed E-state index contributed by atoms with van der Waals surface area (Å²) in [6, 6.07) is 9.88. The fourth-order valence-electron chi connectivity index (χ4n) is 2.61. The second kappa shape index (κ2) is 7.11. The molecule has 1 saturated heterocycles. The molecule has 1 aliphatic rings. The lowest BCUT2D eigenvalue weighted by Crippen LogP contribution is -2.63. The third kappa shape index (κ3) is 3.65. The Morgan fingerprint density at radius 3 is 2.39 bits per heavy atom. The minimum Gasteiger partial charge on any atom is -0.386 e. The molecular formula is C18H26O5. The highest BCUT2D eigenvalue weighted by Gasteiger charge is 2.54. The van der Waals surface area contributed by atoms with E-state index in [1.54, 1.807) is 19.9 Å². The van der Waals surface area contributed by atoms with Gasteiger partial charge in [0, 0.05) is 14.2 Å². The lowest BCUT2D eigenvalue weighted by molar-refractivity contribution is -0.435. The number of aliphatic hydroxyl groups is 1. The molecule has 1 heterocycles. The molecule has 1 aliphatic heterocycles. The SMILES string of the molecule is COC1(C)OCC([C@H](O)/C=C(\C)c2ccccc2)OC1(C)OC. The number of methoxy groups -OCH3 is 2. The van der Waals surface area contributed by atoms with E-state index in [0.717, 1.165) is 11.1 Å². The van der Waals surface area contributed by atoms with Crippen LogP contribution in [0.15, 0.2) is 36.4 Å². The normalized spacial score (nSPS) is 33.5. The minimum atomic E-state index is -1.11. The van der Waals surface area contributed by atoms with Crippen LogP contribution >= 0.6 is 0 Å². The second-order valence-corrected chi connectivity index (χ2v) is 5.97. The van der Waals surface area contributed by atoms with E-state index in [-0.39, 0.29) is 6.61 Å². The second-order valence-electron chi connectivity index (χ2n) is 5.97. The average molecular weight is 322 g/mol. The number of aliphatic hydroxyl groups excluding tert-OH is 1. The summed E-state index contributed by atoms with van der Waals surface area (Å²) in [5, 5.41) is 10.5. The van der Waals surface area contributed by atoms with Gasteiger partial charge in [-0.05, 0) is 38.0 Å². The van der Waals surface area contributed by atoms with Crippen LogP contribution in [0, 0.1) is 0 Å². The van der Waals surface area contributed by atoms with Gasteiger partial charge in [0.25, 0.3) is 0 Å². The fourth-order valence-corrected chi connectivity index (χ4v) is 2.61. The van der Waals surface area contributed by atoms with Crippen molar-refractivity contribution < 1.29 is 24.1 Å². The van der Waals surface area contributed by atoms with Crippen molar-refractivity contribution in [2.75, 3.05) is 20.8 Å². The van der Waals surface area contributed by atoms with Gasteiger partial charge in [0.1, 0.15) is 12.2 Å². The van der Waals surface area contributed by atoms with Gasteiger partial charge >= 0.3 is 0 Å². The quantitative estimate of drug-likeness (QED) is 0.903. The summed E-state index contributed by atoms with van der Waals surface area (Å²) in [5.41, 5.74) is 2.03. The van der Waals surface area contributed by atoms with E-state index in [9.17, 15) is 5.11 Å². The zero-order valence-electron chi connectivity index (χ0n) is 14.4. The maximum atomic E-state index is 10.5. The van der Waals surface area contributed by atoms with Gasteiger partial charge in [0.2, 0.25) is 11.6 Å². The summed E-state index contributed by atoms with van der Waals surface area (Å²) in [6.45, 7) is 5.66. The fraction of sp³-hybridized carbons (Fsp3) is 0.556. The Morgan fingerprint density at radius 2 is 1.83 bits per heavy atom. The molecule has 5 nitrogen and oxygen atoms in total. The molecule has 0 aromatic heterocycles. The lowest BCUT2D eigenvalue weighted by atomic mass is 10.0. The van der Waals surface area contributed by atoms with E-state index in [1.165, 1.54) is 14.2 Å². The van der Waals surface area contributed by atoms with Crippen molar-refractivity contribution in [2.24, 2.45) is 0 Å². The maximum absolute atomic E-state index is 10.5. The number of allylic oxidation sites excluding steroid dienone is 1. The topological polar surface area (TPSA) is 57.2 Å². The number of ether oxygens (including phenoxy) is 4. The van der Waals surface area contributed by atoms with Crippen molar-refractivity contribution in [3.8, 4) is 0 Å². The highest BCUT2D eigenvalue weighted by atomic mass is 16.8. The summed E-state index contributed by atoms with van der Waals surface area (Å²) in [7, 11) is 3.07. The number of hydrogen-bond acceptors (Lipinski definition) is 5. The van der Waals surface area contributed by atoms with Gasteiger partial charge in [-0.25, -0.2) is 0 Å². The molecule has 2 rings (SSSR count). The van der Waals surface area contributed by atoms with Crippen LogP contribution in [-0.4, -0.2) is 49.7 Å². The third-order valence-electron chi connectivity index (χ3n) is 4.53. The van der Waals surface area contributed by atoms with E-state index >= 15 is 0 Å². The van der Waals surface area contributed by atoms with Crippen molar-refractivity contribution in [3.05, 3.63) is 42.0 Å². The predicted octanol–water partition coefficient (Wildman–Crippen LogP) is 2.59. The van der Waals surface area contributed by atoms with Gasteiger partial charge in [-0.1, -0.05) is 30.3 Å². The van der Waals surface area contributed by atoms with Crippen LogP contribution in [0.3, 0.4) is 0 Å². The Kier molecular flexibility index (Phi) is 5.60. The molecule has 3 unspecified atom stereocenters. The minimum absolute atomic E-state index is 0.211. The molecule has 1 N–H and O–H groups in total. The van der Waals surface area contributed by atoms with Gasteiger partial charge in [0.05, 0.1) is 6.61 Å². The van der Waals surface area contributed by atoms with Crippen LogP contribution in [0.1, 0.15) is 26.3 Å². The van der Waals surface area contributed by atoms with Crippen LogP contribution in [0.25, 0.3) is 5.57 Å². The molecular weight excluding hydrogens is 296 g/mol. The van der Waals surface area contributed by atoms with Crippen molar-refractivity contribution >= 4 is 5.57 Å². The highest BCUT2D eigenvalue weighted by molar-refractivity contribution is 5.63. The molecule has 23 heavy (non-hydrogen) atoms. The van der Waals surface area contributed by atoms with Gasteiger partial charge < -0.3 is 24.1 Å². The van der Waals surface area contributed by atoms with E-state index < -0.39 is 23.8 Å². The maximum Gasteiger partial charge on any atom is 0.220 e. The molecule has 0 spiro atoms. The van der Waals surface area contributed by atoms with E-state index in [1.807, 2.05) is 37.3 Å². The van der Waals surface area contributed by atoms with Crippen LogP contribution in [-0.2, 0) is 18.9 Å². The molecule has 1 aromatic rings. The Bertz CT molecular complexity index is 544. The lowest BCUT2D eigenvalue weighted by Gasteiger charge is -2.49. The number of hydrogen-bond donors (Lipinski definition) is 1. The van der Waals surface area contributed by atoms with Gasteiger partial charge in [-0.2, -0.15) is 0 Å². The first-order valence-corrected chi connectivity index (χ1v) is 7.69. The van der Waals surface area contributed by atoms with Crippen LogP contribution < -0.4 is 0 Å². The summed E-state index contributed by atoms with van der Waals surface area (Å²) in [6.07, 6.45) is 0.419. The van der Waals surface area contributed by atoms with Crippen LogP contribution in [0.2, 0.25) is 0 Å². The first kappa shape index (κ1) is 18.1. The molecule has 0 saturated carbocycles. The van der Waals surface area contributed by atoms with Gasteiger partial charge in [-0.15, -0.1) is 0 Å². The molecule has 0 amide bonds. The van der Waals surface area contributed by atoms with Crippen LogP contribution in [0.4, 0.5) is 0 Å². The smallest absolute Gasteiger partial charge is 0.220 e. The van der Waals surface area contributed by atoms with Gasteiger partial charge in [-0.3, -0.25) is 0 Å². The molecule has 0 bridgehead atoms. The van der Waals surface area contributed by atoms with Crippen molar-refractivity contribution in [3.63, 3.8) is 0 Å². The number of benzene rings is 1. The molecule has 4 atom stereocenters. The number of rotatable bonds is 5.